The maximum absolute atomic E-state index is 5.64. The fraction of sp³-hybridized carbons (Fsp3) is 1.00. The third-order valence-electron chi connectivity index (χ3n) is 4.34. The highest BCUT2D eigenvalue weighted by atomic mass is 16.5. The van der Waals surface area contributed by atoms with Crippen molar-refractivity contribution in [2.24, 2.45) is 23.6 Å². The van der Waals surface area contributed by atoms with E-state index in [2.05, 4.69) is 19.3 Å². The van der Waals surface area contributed by atoms with Gasteiger partial charge < -0.3 is 4.74 Å². The lowest BCUT2D eigenvalue weighted by molar-refractivity contribution is 0.0536. The molecule has 0 spiro atoms. The van der Waals surface area contributed by atoms with Crippen LogP contribution in [0.5, 0.6) is 0 Å². The van der Waals surface area contributed by atoms with Crippen molar-refractivity contribution in [1.29, 1.82) is 0 Å². The first-order valence-electron chi connectivity index (χ1n) is 6.76. The van der Waals surface area contributed by atoms with Gasteiger partial charge in [-0.05, 0) is 57.3 Å². The lowest BCUT2D eigenvalue weighted by Crippen LogP contribution is -2.41. The highest BCUT2D eigenvalue weighted by molar-refractivity contribution is 4.91. The van der Waals surface area contributed by atoms with Gasteiger partial charge in [0.2, 0.25) is 0 Å². The van der Waals surface area contributed by atoms with E-state index >= 15 is 0 Å². The van der Waals surface area contributed by atoms with Gasteiger partial charge in [-0.2, -0.15) is 0 Å². The second-order valence-electron chi connectivity index (χ2n) is 5.92. The molecule has 0 aromatic rings. The molecule has 0 heterocycles. The van der Waals surface area contributed by atoms with Crippen LogP contribution in [0, 0.1) is 17.8 Å². The molecule has 16 heavy (non-hydrogen) atoms. The lowest BCUT2D eigenvalue weighted by Gasteiger charge is -2.26. The van der Waals surface area contributed by atoms with Crippen molar-refractivity contribution >= 4 is 0 Å². The Morgan fingerprint density at radius 2 is 2.12 bits per heavy atom. The zero-order valence-electron chi connectivity index (χ0n) is 10.6. The molecule has 0 saturated heterocycles. The average molecular weight is 226 g/mol. The predicted octanol–water partition coefficient (Wildman–Crippen LogP) is 2.07. The predicted molar refractivity (Wildman–Crippen MR) is 65.8 cm³/mol. The van der Waals surface area contributed by atoms with Crippen LogP contribution in [0.25, 0.3) is 0 Å². The van der Waals surface area contributed by atoms with Crippen LogP contribution in [0.4, 0.5) is 0 Å². The Morgan fingerprint density at radius 1 is 1.31 bits per heavy atom. The molecule has 2 aliphatic rings. The largest absolute Gasteiger partial charge is 0.377 e. The van der Waals surface area contributed by atoms with Crippen molar-refractivity contribution < 1.29 is 4.74 Å². The summed E-state index contributed by atoms with van der Waals surface area (Å²) in [5.74, 6) is 8.52. The fourth-order valence-corrected chi connectivity index (χ4v) is 3.52. The molecule has 0 radical (unpaired) electrons. The van der Waals surface area contributed by atoms with Gasteiger partial charge in [0.15, 0.2) is 0 Å². The monoisotopic (exact) mass is 226 g/mol. The summed E-state index contributed by atoms with van der Waals surface area (Å²) < 4.78 is 5.64. The average Bonchev–Trinajstić information content (AvgIpc) is 2.85. The SMILES string of the molecule is CC(C)OCC(CC1CC2CCC1C2)NN. The number of hydrazine groups is 1. The second kappa shape index (κ2) is 5.48. The zero-order valence-corrected chi connectivity index (χ0v) is 10.6. The van der Waals surface area contributed by atoms with Crippen molar-refractivity contribution in [3.05, 3.63) is 0 Å². The molecular formula is C13H26N2O. The third-order valence-corrected chi connectivity index (χ3v) is 4.34. The first-order valence-corrected chi connectivity index (χ1v) is 6.76. The topological polar surface area (TPSA) is 47.3 Å². The van der Waals surface area contributed by atoms with Crippen LogP contribution in [0.3, 0.4) is 0 Å². The molecule has 2 bridgehead atoms. The molecule has 2 aliphatic carbocycles. The first-order chi connectivity index (χ1) is 7.69. The maximum Gasteiger partial charge on any atom is 0.0636 e. The molecule has 4 unspecified atom stereocenters. The third kappa shape index (κ3) is 2.96. The van der Waals surface area contributed by atoms with Gasteiger partial charge in [0.1, 0.15) is 0 Å². The second-order valence-corrected chi connectivity index (χ2v) is 5.92. The Bertz CT molecular complexity index is 220. The number of ether oxygens (including phenoxy) is 1. The highest BCUT2D eigenvalue weighted by Gasteiger charge is 2.39. The lowest BCUT2D eigenvalue weighted by atomic mass is 9.84. The summed E-state index contributed by atoms with van der Waals surface area (Å²) >= 11 is 0. The van der Waals surface area contributed by atoms with E-state index in [4.69, 9.17) is 10.6 Å². The Labute approximate surface area is 99.1 Å². The fourth-order valence-electron chi connectivity index (χ4n) is 3.52. The van der Waals surface area contributed by atoms with Crippen LogP contribution in [0.15, 0.2) is 0 Å². The smallest absolute Gasteiger partial charge is 0.0636 e. The molecule has 0 aliphatic heterocycles. The van der Waals surface area contributed by atoms with E-state index in [1.54, 1.807) is 0 Å². The summed E-state index contributed by atoms with van der Waals surface area (Å²) in [5, 5.41) is 0. The number of fused-ring (bicyclic) bond motifs is 2. The number of hydrogen-bond donors (Lipinski definition) is 2. The zero-order chi connectivity index (χ0) is 11.5. The van der Waals surface area contributed by atoms with Gasteiger partial charge in [0.25, 0.3) is 0 Å². The van der Waals surface area contributed by atoms with E-state index in [1.807, 2.05) is 0 Å². The Hall–Kier alpha value is -0.120. The molecule has 3 N–H and O–H groups in total. The van der Waals surface area contributed by atoms with Crippen LogP contribution in [-0.4, -0.2) is 18.8 Å². The van der Waals surface area contributed by atoms with Gasteiger partial charge >= 0.3 is 0 Å². The summed E-state index contributed by atoms with van der Waals surface area (Å²) in [6.07, 6.45) is 7.35. The van der Waals surface area contributed by atoms with Gasteiger partial charge in [-0.25, -0.2) is 0 Å². The molecule has 2 fully saturated rings. The number of rotatable bonds is 6. The van der Waals surface area contributed by atoms with Crippen LogP contribution >= 0.6 is 0 Å². The molecular weight excluding hydrogens is 200 g/mol. The molecule has 4 atom stereocenters. The summed E-state index contributed by atoms with van der Waals surface area (Å²) in [7, 11) is 0. The molecule has 2 rings (SSSR count). The van der Waals surface area contributed by atoms with E-state index in [9.17, 15) is 0 Å². The summed E-state index contributed by atoms with van der Waals surface area (Å²) in [5.41, 5.74) is 2.92. The van der Waals surface area contributed by atoms with Crippen LogP contribution in [-0.2, 0) is 4.74 Å². The normalized spacial score (nSPS) is 34.9. The van der Waals surface area contributed by atoms with Gasteiger partial charge in [0, 0.05) is 6.04 Å². The summed E-state index contributed by atoms with van der Waals surface area (Å²) in [4.78, 5) is 0. The van der Waals surface area contributed by atoms with Crippen LogP contribution in [0.2, 0.25) is 0 Å². The summed E-state index contributed by atoms with van der Waals surface area (Å²) in [6.45, 7) is 4.90. The van der Waals surface area contributed by atoms with Gasteiger partial charge in [-0.3, -0.25) is 11.3 Å². The van der Waals surface area contributed by atoms with E-state index in [-0.39, 0.29) is 0 Å². The van der Waals surface area contributed by atoms with Gasteiger partial charge in [-0.1, -0.05) is 6.42 Å². The number of hydrogen-bond acceptors (Lipinski definition) is 3. The Kier molecular flexibility index (Phi) is 4.22. The van der Waals surface area contributed by atoms with E-state index in [0.717, 1.165) is 24.4 Å². The van der Waals surface area contributed by atoms with Gasteiger partial charge in [-0.15, -0.1) is 0 Å². The van der Waals surface area contributed by atoms with Crippen LogP contribution < -0.4 is 11.3 Å². The quantitative estimate of drug-likeness (QED) is 0.538. The van der Waals surface area contributed by atoms with Crippen molar-refractivity contribution in [2.45, 2.75) is 58.1 Å². The molecule has 2 saturated carbocycles. The van der Waals surface area contributed by atoms with Crippen molar-refractivity contribution in [3.63, 3.8) is 0 Å². The van der Waals surface area contributed by atoms with Crippen molar-refractivity contribution in [3.8, 4) is 0 Å². The maximum atomic E-state index is 5.64. The van der Waals surface area contributed by atoms with E-state index < -0.39 is 0 Å². The number of nitrogens with one attached hydrogen (secondary N) is 1. The van der Waals surface area contributed by atoms with Gasteiger partial charge in [0.05, 0.1) is 12.7 Å². The molecule has 0 aromatic heterocycles. The minimum atomic E-state index is 0.302. The Balaban J connectivity index is 1.74. The molecule has 3 nitrogen and oxygen atoms in total. The molecule has 3 heteroatoms. The summed E-state index contributed by atoms with van der Waals surface area (Å²) in [6, 6.07) is 0.340. The first kappa shape index (κ1) is 12.3. The highest BCUT2D eigenvalue weighted by Crippen LogP contribution is 2.49. The number of nitrogens with two attached hydrogens (primary N) is 1. The van der Waals surface area contributed by atoms with Crippen LogP contribution in [0.1, 0.15) is 46.0 Å². The molecule has 0 amide bonds. The molecule has 94 valence electrons. The van der Waals surface area contributed by atoms with Crippen molar-refractivity contribution in [2.75, 3.05) is 6.61 Å². The van der Waals surface area contributed by atoms with E-state index in [1.165, 1.54) is 32.1 Å². The minimum absolute atomic E-state index is 0.302. The standard InChI is InChI=1S/C13H26N2O/c1-9(2)16-8-13(15-14)7-12-6-10-3-4-11(12)5-10/h9-13,15H,3-8,14H2,1-2H3. The molecule has 0 aromatic carbocycles. The van der Waals surface area contributed by atoms with E-state index in [0.29, 0.717) is 12.1 Å². The minimum Gasteiger partial charge on any atom is -0.377 e. The van der Waals surface area contributed by atoms with Crippen molar-refractivity contribution in [1.82, 2.24) is 5.43 Å². The Morgan fingerprint density at radius 3 is 2.62 bits per heavy atom.